The molecule has 1 aromatic carbocycles. The van der Waals surface area contributed by atoms with E-state index in [1.807, 2.05) is 46.1 Å². The van der Waals surface area contributed by atoms with Crippen molar-refractivity contribution in [3.63, 3.8) is 0 Å². The van der Waals surface area contributed by atoms with Crippen molar-refractivity contribution in [3.8, 4) is 0 Å². The standard InChI is InChI=1S/C16H22ClN5/c1-3-21(4-2)16(18)19-12-15(22-11-5-10-20-22)13-6-8-14(17)9-7-13/h5-11,15H,3-4,12H2,1-2H3,(H2,18,19). The number of nitrogens with zero attached hydrogens (tertiary/aromatic N) is 4. The molecule has 2 rings (SSSR count). The molecule has 2 N–H and O–H groups in total. The molecule has 2 aromatic rings. The van der Waals surface area contributed by atoms with Gasteiger partial charge in [0.1, 0.15) is 0 Å². The molecule has 0 saturated carbocycles. The third-order valence-corrected chi connectivity index (χ3v) is 3.86. The van der Waals surface area contributed by atoms with Gasteiger partial charge in [0.15, 0.2) is 5.96 Å². The molecule has 0 aliphatic rings. The van der Waals surface area contributed by atoms with E-state index in [-0.39, 0.29) is 6.04 Å². The van der Waals surface area contributed by atoms with Crippen LogP contribution in [0.15, 0.2) is 47.7 Å². The maximum atomic E-state index is 6.07. The molecule has 0 spiro atoms. The average Bonchev–Trinajstić information content (AvgIpc) is 3.04. The highest BCUT2D eigenvalue weighted by atomic mass is 35.5. The van der Waals surface area contributed by atoms with Gasteiger partial charge in [-0.05, 0) is 37.6 Å². The Kier molecular flexibility index (Phi) is 5.83. The van der Waals surface area contributed by atoms with Crippen LogP contribution >= 0.6 is 11.6 Å². The van der Waals surface area contributed by atoms with Crippen LogP contribution in [0.4, 0.5) is 0 Å². The summed E-state index contributed by atoms with van der Waals surface area (Å²) in [5.74, 6) is 0.566. The summed E-state index contributed by atoms with van der Waals surface area (Å²) in [5, 5.41) is 5.06. The summed E-state index contributed by atoms with van der Waals surface area (Å²) < 4.78 is 1.89. The third kappa shape index (κ3) is 4.01. The largest absolute Gasteiger partial charge is 0.370 e. The lowest BCUT2D eigenvalue weighted by molar-refractivity contribution is 0.453. The molecule has 0 saturated heterocycles. The fourth-order valence-electron chi connectivity index (χ4n) is 2.32. The molecule has 1 atom stereocenters. The number of hydrogen-bond acceptors (Lipinski definition) is 2. The minimum atomic E-state index is 0.00128. The van der Waals surface area contributed by atoms with Crippen LogP contribution in [0.5, 0.6) is 0 Å². The number of aliphatic imine (C=N–C) groups is 1. The molecule has 22 heavy (non-hydrogen) atoms. The molecular formula is C16H22ClN5. The summed E-state index contributed by atoms with van der Waals surface area (Å²) >= 11 is 5.97. The zero-order valence-corrected chi connectivity index (χ0v) is 13.7. The number of aromatic nitrogens is 2. The molecule has 0 amide bonds. The van der Waals surface area contributed by atoms with E-state index in [1.54, 1.807) is 6.20 Å². The predicted molar refractivity (Wildman–Crippen MR) is 91.2 cm³/mol. The summed E-state index contributed by atoms with van der Waals surface area (Å²) in [5.41, 5.74) is 7.17. The Balaban J connectivity index is 2.23. The van der Waals surface area contributed by atoms with Crippen LogP contribution in [0.2, 0.25) is 5.02 Å². The Labute approximate surface area is 136 Å². The first-order valence-corrected chi connectivity index (χ1v) is 7.83. The van der Waals surface area contributed by atoms with E-state index in [4.69, 9.17) is 17.3 Å². The van der Waals surface area contributed by atoms with Crippen molar-refractivity contribution in [2.45, 2.75) is 19.9 Å². The van der Waals surface area contributed by atoms with Crippen LogP contribution in [-0.4, -0.2) is 40.3 Å². The fourth-order valence-corrected chi connectivity index (χ4v) is 2.45. The van der Waals surface area contributed by atoms with Gasteiger partial charge in [0, 0.05) is 30.5 Å². The monoisotopic (exact) mass is 319 g/mol. The molecule has 0 fully saturated rings. The minimum Gasteiger partial charge on any atom is -0.370 e. The van der Waals surface area contributed by atoms with Crippen molar-refractivity contribution < 1.29 is 0 Å². The van der Waals surface area contributed by atoms with Gasteiger partial charge in [-0.1, -0.05) is 23.7 Å². The zero-order chi connectivity index (χ0) is 15.9. The molecule has 1 aromatic heterocycles. The second-order valence-corrected chi connectivity index (χ2v) is 5.36. The molecule has 1 heterocycles. The van der Waals surface area contributed by atoms with Crippen LogP contribution in [0, 0.1) is 0 Å². The zero-order valence-electron chi connectivity index (χ0n) is 13.0. The molecule has 6 heteroatoms. The van der Waals surface area contributed by atoms with Gasteiger partial charge in [-0.15, -0.1) is 0 Å². The summed E-state index contributed by atoms with van der Waals surface area (Å²) in [6.07, 6.45) is 3.70. The maximum Gasteiger partial charge on any atom is 0.191 e. The van der Waals surface area contributed by atoms with Crippen LogP contribution in [0.25, 0.3) is 0 Å². The summed E-state index contributed by atoms with van der Waals surface area (Å²) in [6, 6.07) is 9.66. The van der Waals surface area contributed by atoms with Gasteiger partial charge in [-0.2, -0.15) is 5.10 Å². The van der Waals surface area contributed by atoms with Gasteiger partial charge in [-0.25, -0.2) is 0 Å². The first-order valence-electron chi connectivity index (χ1n) is 7.45. The Morgan fingerprint density at radius 1 is 1.32 bits per heavy atom. The number of nitrogens with two attached hydrogens (primary N) is 1. The van der Waals surface area contributed by atoms with Crippen molar-refractivity contribution in [3.05, 3.63) is 53.3 Å². The SMILES string of the molecule is CCN(CC)C(N)=NCC(c1ccc(Cl)cc1)n1cccn1. The van der Waals surface area contributed by atoms with Gasteiger partial charge in [0.2, 0.25) is 0 Å². The number of guanidine groups is 1. The average molecular weight is 320 g/mol. The van der Waals surface area contributed by atoms with Crippen molar-refractivity contribution in [2.24, 2.45) is 10.7 Å². The quantitative estimate of drug-likeness (QED) is 0.658. The highest BCUT2D eigenvalue weighted by molar-refractivity contribution is 6.30. The number of hydrogen-bond donors (Lipinski definition) is 1. The highest BCUT2D eigenvalue weighted by Gasteiger charge is 2.14. The molecule has 0 bridgehead atoms. The Morgan fingerprint density at radius 3 is 2.55 bits per heavy atom. The first kappa shape index (κ1) is 16.4. The molecule has 0 aliphatic carbocycles. The van der Waals surface area contributed by atoms with Gasteiger partial charge < -0.3 is 10.6 Å². The van der Waals surface area contributed by atoms with Crippen LogP contribution in [0.3, 0.4) is 0 Å². The van der Waals surface area contributed by atoms with Gasteiger partial charge in [0.25, 0.3) is 0 Å². The summed E-state index contributed by atoms with van der Waals surface area (Å²) in [6.45, 7) is 6.36. The number of rotatable bonds is 6. The molecule has 0 aliphatic heterocycles. The topological polar surface area (TPSA) is 59.4 Å². The Bertz CT molecular complexity index is 588. The summed E-state index contributed by atoms with van der Waals surface area (Å²) in [7, 11) is 0. The van der Waals surface area contributed by atoms with Crippen molar-refractivity contribution in [1.82, 2.24) is 14.7 Å². The second kappa shape index (κ2) is 7.84. The molecular weight excluding hydrogens is 298 g/mol. The maximum absolute atomic E-state index is 6.07. The van der Waals surface area contributed by atoms with Gasteiger partial charge in [0.05, 0.1) is 12.6 Å². The van der Waals surface area contributed by atoms with Gasteiger partial charge >= 0.3 is 0 Å². The van der Waals surface area contributed by atoms with Crippen LogP contribution < -0.4 is 5.73 Å². The summed E-state index contributed by atoms with van der Waals surface area (Å²) in [4.78, 5) is 6.58. The molecule has 0 radical (unpaired) electrons. The number of benzene rings is 1. The minimum absolute atomic E-state index is 0.00128. The lowest BCUT2D eigenvalue weighted by atomic mass is 10.1. The van der Waals surface area contributed by atoms with E-state index >= 15 is 0 Å². The van der Waals surface area contributed by atoms with E-state index in [0.717, 1.165) is 18.7 Å². The van der Waals surface area contributed by atoms with Crippen molar-refractivity contribution in [2.75, 3.05) is 19.6 Å². The number of halogens is 1. The van der Waals surface area contributed by atoms with Crippen molar-refractivity contribution in [1.29, 1.82) is 0 Å². The molecule has 118 valence electrons. The normalized spacial score (nSPS) is 13.1. The fraction of sp³-hybridized carbons (Fsp3) is 0.375. The third-order valence-electron chi connectivity index (χ3n) is 3.61. The van der Waals surface area contributed by atoms with Crippen LogP contribution in [-0.2, 0) is 0 Å². The van der Waals surface area contributed by atoms with E-state index in [0.29, 0.717) is 17.5 Å². The smallest absolute Gasteiger partial charge is 0.191 e. The lowest BCUT2D eigenvalue weighted by Gasteiger charge is -2.21. The first-order chi connectivity index (χ1) is 10.7. The van der Waals surface area contributed by atoms with E-state index in [2.05, 4.69) is 23.9 Å². The van der Waals surface area contributed by atoms with Crippen LogP contribution in [0.1, 0.15) is 25.5 Å². The van der Waals surface area contributed by atoms with E-state index < -0.39 is 0 Å². The van der Waals surface area contributed by atoms with E-state index in [1.165, 1.54) is 0 Å². The van der Waals surface area contributed by atoms with Gasteiger partial charge in [-0.3, -0.25) is 9.67 Å². The Morgan fingerprint density at radius 2 is 2.00 bits per heavy atom. The highest BCUT2D eigenvalue weighted by Crippen LogP contribution is 2.20. The molecule has 1 unspecified atom stereocenters. The Hall–Kier alpha value is -2.01. The van der Waals surface area contributed by atoms with E-state index in [9.17, 15) is 0 Å². The predicted octanol–water partition coefficient (Wildman–Crippen LogP) is 2.78. The molecule has 5 nitrogen and oxygen atoms in total. The lowest BCUT2D eigenvalue weighted by Crippen LogP contribution is -2.37. The van der Waals surface area contributed by atoms with Crippen molar-refractivity contribution >= 4 is 17.6 Å². The second-order valence-electron chi connectivity index (χ2n) is 4.92.